The first-order valence-corrected chi connectivity index (χ1v) is 7.80. The summed E-state index contributed by atoms with van der Waals surface area (Å²) in [5, 5.41) is 4.77. The maximum Gasteiger partial charge on any atom is 0.124 e. The summed E-state index contributed by atoms with van der Waals surface area (Å²) in [6.45, 7) is 0.516. The Labute approximate surface area is 140 Å². The van der Waals surface area contributed by atoms with Gasteiger partial charge in [-0.25, -0.2) is 4.39 Å². The van der Waals surface area contributed by atoms with Crippen LogP contribution in [-0.4, -0.2) is 9.78 Å². The fourth-order valence-corrected chi connectivity index (χ4v) is 3.03. The zero-order chi connectivity index (χ0) is 14.8. The largest absolute Gasteiger partial charge is 0.268 e. The molecule has 3 aromatic rings. The van der Waals surface area contributed by atoms with E-state index in [0.29, 0.717) is 11.6 Å². The van der Waals surface area contributed by atoms with Crippen LogP contribution in [0.5, 0.6) is 0 Å². The lowest BCUT2D eigenvalue weighted by atomic mass is 10.1. The van der Waals surface area contributed by atoms with Crippen LogP contribution in [0, 0.1) is 9.39 Å². The summed E-state index contributed by atoms with van der Waals surface area (Å²) >= 11 is 8.35. The number of benzene rings is 2. The molecule has 21 heavy (non-hydrogen) atoms. The summed E-state index contributed by atoms with van der Waals surface area (Å²) in [7, 11) is 0. The Morgan fingerprint density at radius 3 is 2.76 bits per heavy atom. The van der Waals surface area contributed by atoms with Crippen molar-refractivity contribution in [2.45, 2.75) is 6.54 Å². The highest BCUT2D eigenvalue weighted by molar-refractivity contribution is 14.1. The van der Waals surface area contributed by atoms with Crippen LogP contribution in [0.15, 0.2) is 54.9 Å². The maximum absolute atomic E-state index is 13.0. The van der Waals surface area contributed by atoms with Gasteiger partial charge in [0.1, 0.15) is 5.82 Å². The number of hydrogen-bond donors (Lipinski definition) is 0. The Kier molecular flexibility index (Phi) is 4.26. The van der Waals surface area contributed by atoms with Crippen molar-refractivity contribution in [3.8, 4) is 11.1 Å². The van der Waals surface area contributed by atoms with Crippen LogP contribution in [0.3, 0.4) is 0 Å². The van der Waals surface area contributed by atoms with E-state index in [-0.39, 0.29) is 5.82 Å². The molecule has 0 amide bonds. The second kappa shape index (κ2) is 6.15. The number of nitrogens with zero attached hydrogens (tertiary/aromatic N) is 2. The standard InChI is InChI=1S/C16H11ClFIN2/c17-15-7-13(18)6-5-11(15)9-21-10-12(8-20-21)14-3-1-2-4-16(14)19/h1-8,10H,9H2. The topological polar surface area (TPSA) is 17.8 Å². The van der Waals surface area contributed by atoms with Gasteiger partial charge in [0, 0.05) is 20.4 Å². The van der Waals surface area contributed by atoms with Gasteiger partial charge in [0.25, 0.3) is 0 Å². The molecule has 5 heteroatoms. The fourth-order valence-electron chi connectivity index (χ4n) is 2.11. The highest BCUT2D eigenvalue weighted by Gasteiger charge is 2.07. The van der Waals surface area contributed by atoms with Gasteiger partial charge in [0.15, 0.2) is 0 Å². The zero-order valence-electron chi connectivity index (χ0n) is 10.9. The van der Waals surface area contributed by atoms with Crippen molar-refractivity contribution in [2.24, 2.45) is 0 Å². The maximum atomic E-state index is 13.0. The number of aromatic nitrogens is 2. The molecular weight excluding hydrogens is 402 g/mol. The smallest absolute Gasteiger partial charge is 0.124 e. The van der Waals surface area contributed by atoms with Crippen molar-refractivity contribution in [3.05, 3.63) is 74.8 Å². The van der Waals surface area contributed by atoms with Crippen molar-refractivity contribution < 1.29 is 4.39 Å². The quantitative estimate of drug-likeness (QED) is 0.554. The van der Waals surface area contributed by atoms with Gasteiger partial charge in [0.2, 0.25) is 0 Å². The third-order valence-electron chi connectivity index (χ3n) is 3.17. The minimum absolute atomic E-state index is 0.330. The van der Waals surface area contributed by atoms with E-state index in [9.17, 15) is 4.39 Å². The molecular formula is C16H11ClFIN2. The van der Waals surface area contributed by atoms with E-state index in [1.165, 1.54) is 15.7 Å². The number of rotatable bonds is 3. The molecule has 0 N–H and O–H groups in total. The van der Waals surface area contributed by atoms with Crippen molar-refractivity contribution in [3.63, 3.8) is 0 Å². The second-order valence-electron chi connectivity index (χ2n) is 4.64. The van der Waals surface area contributed by atoms with Gasteiger partial charge in [-0.05, 0) is 51.9 Å². The molecule has 0 unspecified atom stereocenters. The molecule has 0 radical (unpaired) electrons. The van der Waals surface area contributed by atoms with Gasteiger partial charge in [-0.15, -0.1) is 0 Å². The lowest BCUT2D eigenvalue weighted by Crippen LogP contribution is -2.00. The zero-order valence-corrected chi connectivity index (χ0v) is 13.8. The molecule has 0 aliphatic heterocycles. The average molecular weight is 413 g/mol. The summed E-state index contributed by atoms with van der Waals surface area (Å²) in [5.74, 6) is -0.330. The van der Waals surface area contributed by atoms with E-state index < -0.39 is 0 Å². The molecule has 0 saturated carbocycles. The van der Waals surface area contributed by atoms with Crippen molar-refractivity contribution in [1.29, 1.82) is 0 Å². The Hall–Kier alpha value is -1.40. The fraction of sp³-hybridized carbons (Fsp3) is 0.0625. The molecule has 0 saturated heterocycles. The lowest BCUT2D eigenvalue weighted by Gasteiger charge is -2.04. The van der Waals surface area contributed by atoms with Gasteiger partial charge in [-0.2, -0.15) is 5.10 Å². The van der Waals surface area contributed by atoms with Crippen LogP contribution in [0.4, 0.5) is 4.39 Å². The molecule has 0 aliphatic rings. The lowest BCUT2D eigenvalue weighted by molar-refractivity contribution is 0.624. The first kappa shape index (κ1) is 14.5. The molecule has 1 heterocycles. The summed E-state index contributed by atoms with van der Waals surface area (Å²) in [6, 6.07) is 12.6. The van der Waals surface area contributed by atoms with Crippen molar-refractivity contribution in [1.82, 2.24) is 9.78 Å². The van der Waals surface area contributed by atoms with Crippen LogP contribution in [0.1, 0.15) is 5.56 Å². The summed E-state index contributed by atoms with van der Waals surface area (Å²) < 4.78 is 16.0. The molecule has 0 fully saturated rings. The highest BCUT2D eigenvalue weighted by Crippen LogP contribution is 2.25. The second-order valence-corrected chi connectivity index (χ2v) is 6.21. The van der Waals surface area contributed by atoms with Crippen LogP contribution in [0.25, 0.3) is 11.1 Å². The molecule has 106 valence electrons. The summed E-state index contributed by atoms with van der Waals surface area (Å²) in [4.78, 5) is 0. The first-order valence-electron chi connectivity index (χ1n) is 6.35. The normalized spacial score (nSPS) is 10.8. The van der Waals surface area contributed by atoms with Crippen molar-refractivity contribution >= 4 is 34.2 Å². The van der Waals surface area contributed by atoms with Gasteiger partial charge < -0.3 is 0 Å². The van der Waals surface area contributed by atoms with Gasteiger partial charge in [0.05, 0.1) is 12.7 Å². The number of hydrogen-bond acceptors (Lipinski definition) is 1. The Morgan fingerprint density at radius 1 is 1.19 bits per heavy atom. The SMILES string of the molecule is Fc1ccc(Cn2cc(-c3ccccc3I)cn2)c(Cl)c1. The van der Waals surface area contributed by atoms with E-state index in [0.717, 1.165) is 16.7 Å². The Balaban J connectivity index is 1.87. The average Bonchev–Trinajstić information content (AvgIpc) is 2.91. The summed E-state index contributed by atoms with van der Waals surface area (Å²) in [5.41, 5.74) is 3.04. The van der Waals surface area contributed by atoms with Crippen LogP contribution in [-0.2, 0) is 6.54 Å². The molecule has 0 aliphatic carbocycles. The minimum Gasteiger partial charge on any atom is -0.268 e. The van der Waals surface area contributed by atoms with Gasteiger partial charge >= 0.3 is 0 Å². The molecule has 2 aromatic carbocycles. The minimum atomic E-state index is -0.330. The van der Waals surface area contributed by atoms with E-state index in [4.69, 9.17) is 11.6 Å². The number of halogens is 3. The molecule has 0 bridgehead atoms. The highest BCUT2D eigenvalue weighted by atomic mass is 127. The van der Waals surface area contributed by atoms with Crippen molar-refractivity contribution in [2.75, 3.05) is 0 Å². The van der Waals surface area contributed by atoms with Gasteiger partial charge in [-0.3, -0.25) is 4.68 Å². The molecule has 2 nitrogen and oxygen atoms in total. The van der Waals surface area contributed by atoms with E-state index >= 15 is 0 Å². The van der Waals surface area contributed by atoms with E-state index in [1.54, 1.807) is 10.7 Å². The molecule has 0 spiro atoms. The monoisotopic (exact) mass is 412 g/mol. The molecule has 3 rings (SSSR count). The Bertz CT molecular complexity index is 785. The first-order chi connectivity index (χ1) is 10.1. The molecule has 0 atom stereocenters. The predicted molar refractivity (Wildman–Crippen MR) is 90.9 cm³/mol. The van der Waals surface area contributed by atoms with E-state index in [1.807, 2.05) is 24.5 Å². The van der Waals surface area contributed by atoms with E-state index in [2.05, 4.69) is 39.8 Å². The third kappa shape index (κ3) is 3.27. The third-order valence-corrected chi connectivity index (χ3v) is 4.46. The van der Waals surface area contributed by atoms with Gasteiger partial charge in [-0.1, -0.05) is 35.9 Å². The molecule has 1 aromatic heterocycles. The van der Waals surface area contributed by atoms with Crippen LogP contribution >= 0.6 is 34.2 Å². The Morgan fingerprint density at radius 2 is 2.00 bits per heavy atom. The van der Waals surface area contributed by atoms with Crippen LogP contribution < -0.4 is 0 Å². The predicted octanol–water partition coefficient (Wildman–Crippen LogP) is 5.00. The van der Waals surface area contributed by atoms with Crippen LogP contribution in [0.2, 0.25) is 5.02 Å². The summed E-state index contributed by atoms with van der Waals surface area (Å²) in [6.07, 6.45) is 3.80.